The molecule has 0 spiro atoms. The van der Waals surface area contributed by atoms with Crippen LogP contribution in [0.3, 0.4) is 0 Å². The van der Waals surface area contributed by atoms with Gasteiger partial charge in [-0.3, -0.25) is 9.78 Å². The molecule has 1 heterocycles. The first-order valence-corrected chi connectivity index (χ1v) is 7.95. The number of pyridine rings is 1. The van der Waals surface area contributed by atoms with Gasteiger partial charge in [-0.05, 0) is 23.8 Å². The lowest BCUT2D eigenvalue weighted by atomic mass is 10.1. The third kappa shape index (κ3) is 3.60. The Morgan fingerprint density at radius 2 is 1.88 bits per heavy atom. The Morgan fingerprint density at radius 3 is 2.67 bits per heavy atom. The summed E-state index contributed by atoms with van der Waals surface area (Å²) in [5.74, 6) is -0.00509. The molecule has 0 saturated heterocycles. The Morgan fingerprint density at radius 1 is 1.04 bits per heavy atom. The zero-order chi connectivity index (χ0) is 16.8. The van der Waals surface area contributed by atoms with Crippen molar-refractivity contribution in [3.8, 4) is 0 Å². The molecule has 0 saturated carbocycles. The van der Waals surface area contributed by atoms with Crippen LogP contribution in [-0.4, -0.2) is 36.1 Å². The quantitative estimate of drug-likeness (QED) is 0.698. The number of fused-ring (bicyclic) bond motifs is 1. The predicted molar refractivity (Wildman–Crippen MR) is 94.8 cm³/mol. The standard InChI is InChI=1S/C20H20N2O2/c1-24-14-13-22(15-16-7-3-2-4-8-16)20(23)18-9-5-11-19-17(18)10-6-12-21-19/h2-12H,13-15H2,1H3. The van der Waals surface area contributed by atoms with Crippen molar-refractivity contribution in [3.63, 3.8) is 0 Å². The lowest BCUT2D eigenvalue weighted by Gasteiger charge is -2.23. The second kappa shape index (κ2) is 7.70. The van der Waals surface area contributed by atoms with Crippen molar-refractivity contribution in [1.29, 1.82) is 0 Å². The number of amides is 1. The van der Waals surface area contributed by atoms with Gasteiger partial charge in [0, 0.05) is 37.3 Å². The van der Waals surface area contributed by atoms with E-state index in [-0.39, 0.29) is 5.91 Å². The van der Waals surface area contributed by atoms with Crippen molar-refractivity contribution < 1.29 is 9.53 Å². The zero-order valence-electron chi connectivity index (χ0n) is 13.7. The minimum atomic E-state index is -0.00509. The maximum absolute atomic E-state index is 13.1. The van der Waals surface area contributed by atoms with Crippen molar-refractivity contribution in [2.75, 3.05) is 20.3 Å². The van der Waals surface area contributed by atoms with E-state index < -0.39 is 0 Å². The molecule has 122 valence electrons. The summed E-state index contributed by atoms with van der Waals surface area (Å²) in [4.78, 5) is 19.3. The first-order valence-electron chi connectivity index (χ1n) is 7.95. The van der Waals surface area contributed by atoms with Crippen LogP contribution in [0.1, 0.15) is 15.9 Å². The van der Waals surface area contributed by atoms with Crippen molar-refractivity contribution in [1.82, 2.24) is 9.88 Å². The molecule has 3 aromatic rings. The van der Waals surface area contributed by atoms with E-state index in [1.807, 2.05) is 65.6 Å². The fourth-order valence-electron chi connectivity index (χ4n) is 2.72. The molecular weight excluding hydrogens is 300 g/mol. The Bertz CT molecular complexity index is 813. The maximum atomic E-state index is 13.1. The monoisotopic (exact) mass is 320 g/mol. The molecule has 0 unspecified atom stereocenters. The van der Waals surface area contributed by atoms with E-state index in [1.54, 1.807) is 13.3 Å². The van der Waals surface area contributed by atoms with Gasteiger partial charge in [-0.1, -0.05) is 42.5 Å². The highest BCUT2D eigenvalue weighted by atomic mass is 16.5. The highest BCUT2D eigenvalue weighted by Crippen LogP contribution is 2.19. The van der Waals surface area contributed by atoms with Crippen LogP contribution < -0.4 is 0 Å². The molecule has 3 rings (SSSR count). The molecule has 4 nitrogen and oxygen atoms in total. The number of benzene rings is 2. The van der Waals surface area contributed by atoms with Gasteiger partial charge in [-0.2, -0.15) is 0 Å². The lowest BCUT2D eigenvalue weighted by molar-refractivity contribution is 0.0682. The molecule has 4 heteroatoms. The highest BCUT2D eigenvalue weighted by molar-refractivity contribution is 6.06. The van der Waals surface area contributed by atoms with Gasteiger partial charge < -0.3 is 9.64 Å². The second-order valence-electron chi connectivity index (χ2n) is 5.58. The van der Waals surface area contributed by atoms with Gasteiger partial charge >= 0.3 is 0 Å². The number of carbonyl (C=O) groups is 1. The van der Waals surface area contributed by atoms with Crippen LogP contribution in [-0.2, 0) is 11.3 Å². The number of hydrogen-bond donors (Lipinski definition) is 0. The third-order valence-electron chi connectivity index (χ3n) is 3.94. The Kier molecular flexibility index (Phi) is 5.18. The molecule has 0 N–H and O–H groups in total. The predicted octanol–water partition coefficient (Wildman–Crippen LogP) is 3.52. The summed E-state index contributed by atoms with van der Waals surface area (Å²) < 4.78 is 5.18. The van der Waals surface area contributed by atoms with Crippen LogP contribution in [0.15, 0.2) is 66.9 Å². The first-order chi connectivity index (χ1) is 11.8. The fraction of sp³-hybridized carbons (Fsp3) is 0.200. The van der Waals surface area contributed by atoms with Crippen molar-refractivity contribution >= 4 is 16.8 Å². The SMILES string of the molecule is COCCN(Cc1ccccc1)C(=O)c1cccc2ncccc12. The van der Waals surface area contributed by atoms with Gasteiger partial charge in [0.1, 0.15) is 0 Å². The minimum absolute atomic E-state index is 0.00509. The van der Waals surface area contributed by atoms with Crippen LogP contribution >= 0.6 is 0 Å². The summed E-state index contributed by atoms with van der Waals surface area (Å²) >= 11 is 0. The molecule has 0 fully saturated rings. The first kappa shape index (κ1) is 16.1. The van der Waals surface area contributed by atoms with Gasteiger partial charge in [-0.25, -0.2) is 0 Å². The normalized spacial score (nSPS) is 10.7. The van der Waals surface area contributed by atoms with Crippen molar-refractivity contribution in [2.45, 2.75) is 6.54 Å². The molecule has 0 aliphatic carbocycles. The number of carbonyl (C=O) groups excluding carboxylic acids is 1. The lowest BCUT2D eigenvalue weighted by Crippen LogP contribution is -2.33. The minimum Gasteiger partial charge on any atom is -0.383 e. The van der Waals surface area contributed by atoms with Crippen LogP contribution in [0.4, 0.5) is 0 Å². The van der Waals surface area contributed by atoms with Crippen molar-refractivity contribution in [2.24, 2.45) is 0 Å². The van der Waals surface area contributed by atoms with Crippen LogP contribution in [0.25, 0.3) is 10.9 Å². The van der Waals surface area contributed by atoms with Gasteiger partial charge in [0.2, 0.25) is 0 Å². The molecule has 0 bridgehead atoms. The molecule has 2 aromatic carbocycles. The number of methoxy groups -OCH3 is 1. The number of ether oxygens (including phenoxy) is 1. The van der Waals surface area contributed by atoms with Crippen LogP contribution in [0.2, 0.25) is 0 Å². The molecule has 0 aliphatic heterocycles. The summed E-state index contributed by atoms with van der Waals surface area (Å²) in [6.07, 6.45) is 1.74. The van der Waals surface area contributed by atoms with E-state index in [0.717, 1.165) is 16.5 Å². The number of aromatic nitrogens is 1. The van der Waals surface area contributed by atoms with Crippen molar-refractivity contribution in [3.05, 3.63) is 78.0 Å². The van der Waals surface area contributed by atoms with Crippen LogP contribution in [0, 0.1) is 0 Å². The number of nitrogens with zero attached hydrogens (tertiary/aromatic N) is 2. The van der Waals surface area contributed by atoms with E-state index in [2.05, 4.69) is 4.98 Å². The molecule has 1 aromatic heterocycles. The number of rotatable bonds is 6. The molecule has 24 heavy (non-hydrogen) atoms. The smallest absolute Gasteiger partial charge is 0.254 e. The van der Waals surface area contributed by atoms with E-state index in [4.69, 9.17) is 4.74 Å². The molecule has 1 amide bonds. The molecule has 0 atom stereocenters. The van der Waals surface area contributed by atoms with Gasteiger partial charge in [0.25, 0.3) is 5.91 Å². The summed E-state index contributed by atoms with van der Waals surface area (Å²) in [7, 11) is 1.65. The summed E-state index contributed by atoms with van der Waals surface area (Å²) in [6.45, 7) is 1.60. The van der Waals surface area contributed by atoms with E-state index in [0.29, 0.717) is 25.3 Å². The highest BCUT2D eigenvalue weighted by Gasteiger charge is 2.18. The van der Waals surface area contributed by atoms with E-state index >= 15 is 0 Å². The second-order valence-corrected chi connectivity index (χ2v) is 5.58. The Labute approximate surface area is 141 Å². The van der Waals surface area contributed by atoms with E-state index in [9.17, 15) is 4.79 Å². The topological polar surface area (TPSA) is 42.4 Å². The average Bonchev–Trinajstić information content (AvgIpc) is 2.65. The van der Waals surface area contributed by atoms with E-state index in [1.165, 1.54) is 0 Å². The Hall–Kier alpha value is -2.72. The fourth-order valence-corrected chi connectivity index (χ4v) is 2.72. The summed E-state index contributed by atoms with van der Waals surface area (Å²) in [5.41, 5.74) is 2.60. The van der Waals surface area contributed by atoms with Gasteiger partial charge in [0.15, 0.2) is 0 Å². The van der Waals surface area contributed by atoms with Gasteiger partial charge in [0.05, 0.1) is 12.1 Å². The third-order valence-corrected chi connectivity index (χ3v) is 3.94. The molecular formula is C20H20N2O2. The number of hydrogen-bond acceptors (Lipinski definition) is 3. The van der Waals surface area contributed by atoms with Gasteiger partial charge in [-0.15, -0.1) is 0 Å². The molecule has 0 aliphatic rings. The van der Waals surface area contributed by atoms with Crippen LogP contribution in [0.5, 0.6) is 0 Å². The zero-order valence-corrected chi connectivity index (χ0v) is 13.7. The summed E-state index contributed by atoms with van der Waals surface area (Å²) in [6, 6.07) is 19.4. The largest absolute Gasteiger partial charge is 0.383 e. The Balaban J connectivity index is 1.92. The maximum Gasteiger partial charge on any atom is 0.254 e. The summed E-state index contributed by atoms with van der Waals surface area (Å²) in [5, 5.41) is 0.875. The average molecular weight is 320 g/mol. The molecule has 0 radical (unpaired) electrons.